The summed E-state index contributed by atoms with van der Waals surface area (Å²) >= 11 is 3.47. The Bertz CT molecular complexity index is 903. The van der Waals surface area contributed by atoms with E-state index in [4.69, 9.17) is 4.74 Å². The smallest absolute Gasteiger partial charge is 0.311 e. The van der Waals surface area contributed by atoms with Gasteiger partial charge in [0.1, 0.15) is 5.41 Å². The number of esters is 1. The fourth-order valence-corrected chi connectivity index (χ4v) is 5.07. The lowest BCUT2D eigenvalue weighted by Gasteiger charge is -2.46. The number of para-hydroxylation sites is 1. The number of hydrogen-bond donors (Lipinski definition) is 2. The minimum atomic E-state index is -1.39. The molecule has 0 unspecified atom stereocenters. The van der Waals surface area contributed by atoms with Crippen molar-refractivity contribution in [2.45, 2.75) is 24.9 Å². The number of aliphatic hydroxyl groups excluding tert-OH is 1. The van der Waals surface area contributed by atoms with Crippen LogP contribution in [0.1, 0.15) is 18.9 Å². The van der Waals surface area contributed by atoms with Crippen LogP contribution < -0.4 is 5.32 Å². The minimum Gasteiger partial charge on any atom is -0.466 e. The van der Waals surface area contributed by atoms with Crippen LogP contribution in [0.15, 0.2) is 58.6 Å². The van der Waals surface area contributed by atoms with Gasteiger partial charge in [0.25, 0.3) is 0 Å². The highest BCUT2D eigenvalue weighted by molar-refractivity contribution is 9.10. The monoisotopic (exact) mass is 429 g/mol. The van der Waals surface area contributed by atoms with Gasteiger partial charge >= 0.3 is 5.97 Å². The van der Waals surface area contributed by atoms with E-state index in [1.54, 1.807) is 13.0 Å². The molecule has 1 saturated carbocycles. The van der Waals surface area contributed by atoms with Gasteiger partial charge in [0.2, 0.25) is 5.91 Å². The number of anilines is 1. The van der Waals surface area contributed by atoms with E-state index < -0.39 is 23.4 Å². The van der Waals surface area contributed by atoms with Crippen LogP contribution in [0.5, 0.6) is 0 Å². The standard InChI is InChI=1S/C21H20BrNO4/c1-2-27-19(25)17-13-8-5-3-4-7-12(13)11-16(24)21(17)14-9-6-10-15(22)18(14)23-20(21)26/h3-10,13,16-17,24H,2,11H2,1H3,(H,23,26)/t13-,16+,17-,21+/m1/s1. The van der Waals surface area contributed by atoms with E-state index >= 15 is 0 Å². The van der Waals surface area contributed by atoms with Gasteiger partial charge in [-0.1, -0.05) is 48.1 Å². The number of halogens is 1. The number of fused-ring (bicyclic) bond motifs is 3. The van der Waals surface area contributed by atoms with Crippen molar-refractivity contribution in [1.29, 1.82) is 0 Å². The summed E-state index contributed by atoms with van der Waals surface area (Å²) in [6.07, 6.45) is 8.76. The zero-order valence-corrected chi connectivity index (χ0v) is 16.4. The molecule has 1 amide bonds. The van der Waals surface area contributed by atoms with Gasteiger partial charge in [-0.05, 0) is 40.9 Å². The molecule has 140 valence electrons. The van der Waals surface area contributed by atoms with Crippen LogP contribution in [0.3, 0.4) is 0 Å². The Labute approximate surface area is 165 Å². The van der Waals surface area contributed by atoms with Crippen molar-refractivity contribution in [3.8, 4) is 0 Å². The molecule has 4 atom stereocenters. The summed E-state index contributed by atoms with van der Waals surface area (Å²) in [4.78, 5) is 26.4. The molecule has 1 aliphatic heterocycles. The van der Waals surface area contributed by atoms with Crippen molar-refractivity contribution in [3.63, 3.8) is 0 Å². The number of ether oxygens (including phenoxy) is 1. The summed E-state index contributed by atoms with van der Waals surface area (Å²) in [5.74, 6) is -2.00. The topological polar surface area (TPSA) is 75.6 Å². The Morgan fingerprint density at radius 3 is 2.96 bits per heavy atom. The molecule has 1 heterocycles. The van der Waals surface area contributed by atoms with Crippen molar-refractivity contribution in [2.75, 3.05) is 11.9 Å². The highest BCUT2D eigenvalue weighted by atomic mass is 79.9. The van der Waals surface area contributed by atoms with E-state index in [-0.39, 0.29) is 18.4 Å². The number of nitrogens with one attached hydrogen (secondary N) is 1. The molecule has 0 bridgehead atoms. The van der Waals surface area contributed by atoms with Gasteiger partial charge in [-0.3, -0.25) is 9.59 Å². The number of rotatable bonds is 2. The van der Waals surface area contributed by atoms with Gasteiger partial charge in [0.15, 0.2) is 0 Å². The first kappa shape index (κ1) is 18.2. The zero-order chi connectivity index (χ0) is 19.2. The maximum absolute atomic E-state index is 13.3. The molecule has 27 heavy (non-hydrogen) atoms. The highest BCUT2D eigenvalue weighted by Crippen LogP contribution is 2.56. The lowest BCUT2D eigenvalue weighted by Crippen LogP contribution is -2.59. The third-order valence-electron chi connectivity index (χ3n) is 5.70. The predicted octanol–water partition coefficient (Wildman–Crippen LogP) is 3.25. The highest BCUT2D eigenvalue weighted by Gasteiger charge is 2.64. The Balaban J connectivity index is 1.97. The molecule has 5 nitrogen and oxygen atoms in total. The maximum atomic E-state index is 13.3. The summed E-state index contributed by atoms with van der Waals surface area (Å²) in [5, 5.41) is 14.1. The van der Waals surface area contributed by atoms with Gasteiger partial charge in [0, 0.05) is 10.4 Å². The van der Waals surface area contributed by atoms with E-state index in [2.05, 4.69) is 21.2 Å². The fourth-order valence-electron chi connectivity index (χ4n) is 4.61. The lowest BCUT2D eigenvalue weighted by molar-refractivity contribution is -0.160. The Morgan fingerprint density at radius 2 is 2.19 bits per heavy atom. The summed E-state index contributed by atoms with van der Waals surface area (Å²) in [6, 6.07) is 5.45. The molecule has 1 fully saturated rings. The normalized spacial score (nSPS) is 31.0. The fraction of sp³-hybridized carbons (Fsp3) is 0.333. The first-order valence-corrected chi connectivity index (χ1v) is 9.80. The van der Waals surface area contributed by atoms with Crippen LogP contribution in [0.2, 0.25) is 0 Å². The molecule has 1 spiro atoms. The van der Waals surface area contributed by atoms with Gasteiger partial charge in [-0.15, -0.1) is 0 Å². The van der Waals surface area contributed by atoms with Crippen molar-refractivity contribution in [1.82, 2.24) is 0 Å². The minimum absolute atomic E-state index is 0.211. The molecule has 3 aliphatic rings. The molecule has 0 saturated heterocycles. The van der Waals surface area contributed by atoms with Gasteiger partial charge in [-0.25, -0.2) is 0 Å². The van der Waals surface area contributed by atoms with Crippen molar-refractivity contribution in [2.24, 2.45) is 11.8 Å². The predicted molar refractivity (Wildman–Crippen MR) is 105 cm³/mol. The summed E-state index contributed by atoms with van der Waals surface area (Å²) < 4.78 is 6.10. The van der Waals surface area contributed by atoms with Crippen molar-refractivity contribution in [3.05, 3.63) is 64.2 Å². The molecule has 4 rings (SSSR count). The number of benzene rings is 1. The number of hydrogen-bond acceptors (Lipinski definition) is 4. The van der Waals surface area contributed by atoms with E-state index in [1.807, 2.05) is 42.5 Å². The Hall–Kier alpha value is -2.18. The van der Waals surface area contributed by atoms with Gasteiger partial charge in [0.05, 0.1) is 24.3 Å². The average Bonchev–Trinajstić information content (AvgIpc) is 2.78. The van der Waals surface area contributed by atoms with E-state index in [9.17, 15) is 14.7 Å². The zero-order valence-electron chi connectivity index (χ0n) is 14.8. The molecule has 6 heteroatoms. The largest absolute Gasteiger partial charge is 0.466 e. The summed E-state index contributed by atoms with van der Waals surface area (Å²) in [6.45, 7) is 1.95. The first-order valence-electron chi connectivity index (χ1n) is 9.00. The van der Waals surface area contributed by atoms with Crippen LogP contribution >= 0.6 is 15.9 Å². The van der Waals surface area contributed by atoms with Crippen LogP contribution in [0, 0.1) is 11.8 Å². The van der Waals surface area contributed by atoms with E-state index in [1.165, 1.54) is 0 Å². The van der Waals surface area contributed by atoms with Crippen molar-refractivity contribution >= 4 is 33.5 Å². The average molecular weight is 430 g/mol. The molecule has 2 aliphatic carbocycles. The molecule has 1 aromatic rings. The lowest BCUT2D eigenvalue weighted by atomic mass is 9.56. The second-order valence-corrected chi connectivity index (χ2v) is 7.83. The molecule has 0 radical (unpaired) electrons. The summed E-state index contributed by atoms with van der Waals surface area (Å²) in [5.41, 5.74) is 0.783. The van der Waals surface area contributed by atoms with Gasteiger partial charge in [-0.2, -0.15) is 0 Å². The Morgan fingerprint density at radius 1 is 1.37 bits per heavy atom. The molecule has 1 aromatic carbocycles. The third kappa shape index (κ3) is 2.54. The second-order valence-electron chi connectivity index (χ2n) is 6.97. The summed E-state index contributed by atoms with van der Waals surface area (Å²) in [7, 11) is 0. The number of amides is 1. The molecule has 0 aromatic heterocycles. The number of allylic oxidation sites excluding steroid dienone is 5. The van der Waals surface area contributed by atoms with E-state index in [0.29, 0.717) is 17.7 Å². The number of carbonyl (C=O) groups excluding carboxylic acids is 2. The molecular weight excluding hydrogens is 410 g/mol. The van der Waals surface area contributed by atoms with Crippen LogP contribution in [-0.2, 0) is 19.7 Å². The quantitative estimate of drug-likeness (QED) is 0.707. The third-order valence-corrected chi connectivity index (χ3v) is 6.36. The van der Waals surface area contributed by atoms with Gasteiger partial charge < -0.3 is 15.2 Å². The van der Waals surface area contributed by atoms with E-state index in [0.717, 1.165) is 10.0 Å². The van der Waals surface area contributed by atoms with Crippen LogP contribution in [-0.4, -0.2) is 29.7 Å². The first-order chi connectivity index (χ1) is 13.0. The maximum Gasteiger partial charge on any atom is 0.311 e. The second kappa shape index (κ2) is 6.77. The molecule has 2 N–H and O–H groups in total. The van der Waals surface area contributed by atoms with Crippen LogP contribution in [0.4, 0.5) is 5.69 Å². The molecular formula is C21H20BrNO4. The number of aliphatic hydroxyl groups is 1. The SMILES string of the molecule is CCOC(=O)[C@H]1[C@@H]2C=CC=CC=C2C[C@H](O)[C@]12C(=O)Nc1c(Br)cccc12. The van der Waals surface area contributed by atoms with Crippen LogP contribution in [0.25, 0.3) is 0 Å². The number of carbonyl (C=O) groups is 2. The van der Waals surface area contributed by atoms with Crippen molar-refractivity contribution < 1.29 is 19.4 Å². The Kier molecular flexibility index (Phi) is 4.56.